The lowest BCUT2D eigenvalue weighted by Crippen LogP contribution is -2.27. The maximum absolute atomic E-state index is 9.92. The van der Waals surface area contributed by atoms with E-state index < -0.39 is 12.2 Å². The van der Waals surface area contributed by atoms with Crippen LogP contribution in [0.4, 0.5) is 11.8 Å². The molecule has 6 N–H and O–H groups in total. The van der Waals surface area contributed by atoms with Crippen LogP contribution in [0.2, 0.25) is 0 Å². The molecule has 8 nitrogen and oxygen atoms in total. The van der Waals surface area contributed by atoms with Gasteiger partial charge in [0, 0.05) is 0 Å². The molecule has 0 saturated heterocycles. The van der Waals surface area contributed by atoms with Gasteiger partial charge in [-0.3, -0.25) is 0 Å². The Morgan fingerprint density at radius 3 is 2.67 bits per heavy atom. The number of hydrogen-bond donors (Lipinski definition) is 4. The average Bonchev–Trinajstić information content (AvgIpc) is 2.85. The van der Waals surface area contributed by atoms with Gasteiger partial charge in [0.05, 0.1) is 18.5 Å². The summed E-state index contributed by atoms with van der Waals surface area (Å²) in [5.41, 5.74) is 12.2. The van der Waals surface area contributed by atoms with Crippen LogP contribution >= 0.6 is 0 Å². The largest absolute Gasteiger partial charge is 0.390 e. The zero-order valence-electron chi connectivity index (χ0n) is 9.56. The summed E-state index contributed by atoms with van der Waals surface area (Å²) in [5.74, 6) is 0.277. The second-order valence-electron chi connectivity index (χ2n) is 4.49. The highest BCUT2D eigenvalue weighted by molar-refractivity contribution is 5.82. The zero-order valence-corrected chi connectivity index (χ0v) is 9.56. The molecular formula is C10H14N6O2. The molecule has 18 heavy (non-hydrogen) atoms. The van der Waals surface area contributed by atoms with Gasteiger partial charge in [-0.05, 0) is 12.8 Å². The van der Waals surface area contributed by atoms with Gasteiger partial charge in [-0.25, -0.2) is 4.98 Å². The molecule has 2 aromatic rings. The van der Waals surface area contributed by atoms with Gasteiger partial charge in [0.2, 0.25) is 5.95 Å². The van der Waals surface area contributed by atoms with Crippen LogP contribution < -0.4 is 11.5 Å². The quantitative estimate of drug-likeness (QED) is 0.512. The van der Waals surface area contributed by atoms with Crippen molar-refractivity contribution in [3.8, 4) is 0 Å². The van der Waals surface area contributed by atoms with Crippen LogP contribution in [0.5, 0.6) is 0 Å². The van der Waals surface area contributed by atoms with Crippen LogP contribution in [0, 0.1) is 0 Å². The number of fused-ring (bicyclic) bond motifs is 1. The van der Waals surface area contributed by atoms with E-state index in [1.807, 2.05) is 0 Å². The first-order valence-electron chi connectivity index (χ1n) is 5.69. The van der Waals surface area contributed by atoms with Gasteiger partial charge in [-0.1, -0.05) is 0 Å². The van der Waals surface area contributed by atoms with Crippen LogP contribution in [-0.2, 0) is 0 Å². The minimum absolute atomic E-state index is 0.0646. The Hall–Kier alpha value is -1.93. The predicted octanol–water partition coefficient (Wildman–Crippen LogP) is -0.953. The molecule has 0 bridgehead atoms. The SMILES string of the molecule is Nc1nc(N)c2ncn([C@@H]3CC[C@@H](O)[C@H]3O)c2n1. The number of aliphatic hydroxyl groups excluding tert-OH is 2. The lowest BCUT2D eigenvalue weighted by atomic mass is 10.2. The van der Waals surface area contributed by atoms with Crippen LogP contribution in [0.1, 0.15) is 18.9 Å². The van der Waals surface area contributed by atoms with E-state index in [1.165, 1.54) is 0 Å². The molecule has 1 saturated carbocycles. The van der Waals surface area contributed by atoms with Gasteiger partial charge in [-0.2, -0.15) is 9.97 Å². The molecule has 0 aromatic carbocycles. The standard InChI is InChI=1S/C10H14N6O2/c11-8-6-9(15-10(12)14-8)16(3-13-6)4-1-2-5(17)7(4)18/h3-5,7,17-18H,1-2H2,(H4,11,12,14,15)/t4-,5-,7+/m1/s1. The average molecular weight is 250 g/mol. The molecule has 96 valence electrons. The second-order valence-corrected chi connectivity index (χ2v) is 4.49. The second kappa shape index (κ2) is 3.79. The third-order valence-electron chi connectivity index (χ3n) is 3.37. The van der Waals surface area contributed by atoms with Crippen LogP contribution in [0.3, 0.4) is 0 Å². The summed E-state index contributed by atoms with van der Waals surface area (Å²) in [6, 6.07) is -0.265. The number of nitrogens with two attached hydrogens (primary N) is 2. The molecule has 1 aliphatic rings. The van der Waals surface area contributed by atoms with Gasteiger partial charge < -0.3 is 26.2 Å². The van der Waals surface area contributed by atoms with E-state index in [-0.39, 0.29) is 17.8 Å². The van der Waals surface area contributed by atoms with Crippen molar-refractivity contribution in [3.63, 3.8) is 0 Å². The smallest absolute Gasteiger partial charge is 0.224 e. The fraction of sp³-hybridized carbons (Fsp3) is 0.500. The van der Waals surface area contributed by atoms with Gasteiger partial charge in [0.1, 0.15) is 11.6 Å². The highest BCUT2D eigenvalue weighted by Gasteiger charge is 2.35. The van der Waals surface area contributed by atoms with Crippen molar-refractivity contribution in [3.05, 3.63) is 6.33 Å². The molecule has 0 amide bonds. The van der Waals surface area contributed by atoms with Crippen molar-refractivity contribution in [2.45, 2.75) is 31.1 Å². The van der Waals surface area contributed by atoms with Crippen LogP contribution in [-0.4, -0.2) is 41.9 Å². The van der Waals surface area contributed by atoms with Crippen LogP contribution in [0.25, 0.3) is 11.2 Å². The molecule has 1 aliphatic carbocycles. The van der Waals surface area contributed by atoms with E-state index in [9.17, 15) is 10.2 Å². The first kappa shape index (κ1) is 11.2. The monoisotopic (exact) mass is 250 g/mol. The van der Waals surface area contributed by atoms with Crippen molar-refractivity contribution in [2.75, 3.05) is 11.5 Å². The summed E-state index contributed by atoms with van der Waals surface area (Å²) >= 11 is 0. The molecule has 2 heterocycles. The Morgan fingerprint density at radius 1 is 1.22 bits per heavy atom. The molecule has 8 heteroatoms. The van der Waals surface area contributed by atoms with E-state index >= 15 is 0 Å². The lowest BCUT2D eigenvalue weighted by molar-refractivity contribution is 0.0241. The Kier molecular flexibility index (Phi) is 2.35. The molecule has 3 atom stereocenters. The number of aliphatic hydroxyl groups is 2. The minimum Gasteiger partial charge on any atom is -0.390 e. The molecule has 0 aliphatic heterocycles. The van der Waals surface area contributed by atoms with E-state index in [4.69, 9.17) is 11.5 Å². The van der Waals surface area contributed by atoms with E-state index in [0.29, 0.717) is 24.0 Å². The Morgan fingerprint density at radius 2 is 2.00 bits per heavy atom. The maximum atomic E-state index is 9.92. The topological polar surface area (TPSA) is 136 Å². The normalized spacial score (nSPS) is 28.0. The zero-order chi connectivity index (χ0) is 12.9. The Labute approximate surface area is 102 Å². The van der Waals surface area contributed by atoms with Gasteiger partial charge >= 0.3 is 0 Å². The summed E-state index contributed by atoms with van der Waals surface area (Å²) in [5, 5.41) is 19.5. The fourth-order valence-electron chi connectivity index (χ4n) is 2.44. The third kappa shape index (κ3) is 1.50. The van der Waals surface area contributed by atoms with Gasteiger partial charge in [0.15, 0.2) is 11.5 Å². The first-order chi connectivity index (χ1) is 8.58. The summed E-state index contributed by atoms with van der Waals surface area (Å²) in [6.07, 6.45) is 1.18. The van der Waals surface area contributed by atoms with Crippen LogP contribution in [0.15, 0.2) is 6.33 Å². The van der Waals surface area contributed by atoms with E-state index in [0.717, 1.165) is 0 Å². The van der Waals surface area contributed by atoms with Crippen molar-refractivity contribution < 1.29 is 10.2 Å². The molecule has 1 fully saturated rings. The number of rotatable bonds is 1. The summed E-state index contributed by atoms with van der Waals surface area (Å²) in [6.45, 7) is 0. The number of aromatic nitrogens is 4. The molecule has 0 radical (unpaired) electrons. The summed E-state index contributed by atoms with van der Waals surface area (Å²) in [4.78, 5) is 12.1. The highest BCUT2D eigenvalue weighted by atomic mass is 16.3. The Bertz CT molecular complexity index is 597. The molecule has 0 unspecified atom stereocenters. The number of nitrogens with zero attached hydrogens (tertiary/aromatic N) is 4. The number of imidazole rings is 1. The maximum Gasteiger partial charge on any atom is 0.224 e. The molecule has 2 aromatic heterocycles. The minimum atomic E-state index is -0.834. The van der Waals surface area contributed by atoms with Crippen molar-refractivity contribution in [1.82, 2.24) is 19.5 Å². The fourth-order valence-corrected chi connectivity index (χ4v) is 2.44. The summed E-state index contributed by atoms with van der Waals surface area (Å²) < 4.78 is 1.70. The molecular weight excluding hydrogens is 236 g/mol. The predicted molar refractivity (Wildman–Crippen MR) is 64.4 cm³/mol. The van der Waals surface area contributed by atoms with Gasteiger partial charge in [0.25, 0.3) is 0 Å². The first-order valence-corrected chi connectivity index (χ1v) is 5.69. The van der Waals surface area contributed by atoms with Crippen molar-refractivity contribution in [2.24, 2.45) is 0 Å². The Balaban J connectivity index is 2.13. The molecule has 3 rings (SSSR count). The van der Waals surface area contributed by atoms with E-state index in [2.05, 4.69) is 15.0 Å². The number of hydrogen-bond acceptors (Lipinski definition) is 7. The summed E-state index contributed by atoms with van der Waals surface area (Å²) in [7, 11) is 0. The molecule has 0 spiro atoms. The number of nitrogen functional groups attached to an aromatic ring is 2. The number of anilines is 2. The van der Waals surface area contributed by atoms with Crippen molar-refractivity contribution in [1.29, 1.82) is 0 Å². The third-order valence-corrected chi connectivity index (χ3v) is 3.37. The lowest BCUT2D eigenvalue weighted by Gasteiger charge is -2.18. The highest BCUT2D eigenvalue weighted by Crippen LogP contribution is 2.33. The van der Waals surface area contributed by atoms with Crippen molar-refractivity contribution >= 4 is 22.9 Å². The van der Waals surface area contributed by atoms with Gasteiger partial charge in [-0.15, -0.1) is 0 Å². The van der Waals surface area contributed by atoms with E-state index in [1.54, 1.807) is 10.9 Å².